The Bertz CT molecular complexity index is 429. The van der Waals surface area contributed by atoms with Gasteiger partial charge in [-0.3, -0.25) is 4.79 Å². The van der Waals surface area contributed by atoms with E-state index in [2.05, 4.69) is 38.0 Å². The van der Waals surface area contributed by atoms with Gasteiger partial charge in [-0.05, 0) is 38.9 Å². The second kappa shape index (κ2) is 7.70. The minimum absolute atomic E-state index is 0.196. The van der Waals surface area contributed by atoms with Gasteiger partial charge in [0, 0.05) is 19.1 Å². The summed E-state index contributed by atoms with van der Waals surface area (Å²) in [6.45, 7) is 9.86. The molecule has 0 aliphatic rings. The lowest BCUT2D eigenvalue weighted by molar-refractivity contribution is 0.0909. The number of amides is 1. The van der Waals surface area contributed by atoms with E-state index in [0.29, 0.717) is 24.0 Å². The summed E-state index contributed by atoms with van der Waals surface area (Å²) in [5, 5.41) is 2.66. The van der Waals surface area contributed by atoms with Crippen LogP contribution in [-0.4, -0.2) is 37.0 Å². The molecule has 20 heavy (non-hydrogen) atoms. The molecule has 0 saturated heterocycles. The van der Waals surface area contributed by atoms with E-state index in [4.69, 9.17) is 16.0 Å². The first-order valence-electron chi connectivity index (χ1n) is 7.03. The Hall–Kier alpha value is -1.00. The number of halogens is 1. The van der Waals surface area contributed by atoms with Gasteiger partial charge in [-0.25, -0.2) is 0 Å². The average molecular weight is 301 g/mol. The zero-order valence-corrected chi connectivity index (χ0v) is 13.7. The predicted octanol–water partition coefficient (Wildman–Crippen LogP) is 3.29. The van der Waals surface area contributed by atoms with Crippen molar-refractivity contribution in [3.05, 3.63) is 23.7 Å². The second-order valence-electron chi connectivity index (χ2n) is 5.71. The number of hydrogen-bond donors (Lipinski definition) is 1. The summed E-state index contributed by atoms with van der Waals surface area (Å²) in [6.07, 6.45) is 0. The first-order valence-corrected chi connectivity index (χ1v) is 7.47. The van der Waals surface area contributed by atoms with Gasteiger partial charge in [-0.15, -0.1) is 11.6 Å². The highest BCUT2D eigenvalue weighted by molar-refractivity contribution is 6.20. The number of likely N-dealkylation sites (N-methyl/N-ethyl adjacent to an activating group) is 1. The van der Waals surface area contributed by atoms with E-state index >= 15 is 0 Å². The Morgan fingerprint density at radius 1 is 1.35 bits per heavy atom. The first-order chi connectivity index (χ1) is 9.31. The van der Waals surface area contributed by atoms with E-state index in [1.54, 1.807) is 12.1 Å². The van der Waals surface area contributed by atoms with Crippen molar-refractivity contribution in [1.82, 2.24) is 10.2 Å². The fourth-order valence-electron chi connectivity index (χ4n) is 1.93. The summed E-state index contributed by atoms with van der Waals surface area (Å²) >= 11 is 5.91. The molecule has 0 fully saturated rings. The van der Waals surface area contributed by atoms with Crippen molar-refractivity contribution in [3.8, 4) is 0 Å². The van der Waals surface area contributed by atoms with Gasteiger partial charge in [-0.2, -0.15) is 0 Å². The van der Waals surface area contributed by atoms with Gasteiger partial charge in [0.05, 0.1) is 5.38 Å². The van der Waals surface area contributed by atoms with Crippen LogP contribution >= 0.6 is 11.6 Å². The van der Waals surface area contributed by atoms with Crippen LogP contribution in [0.25, 0.3) is 0 Å². The van der Waals surface area contributed by atoms with E-state index in [-0.39, 0.29) is 17.3 Å². The maximum Gasteiger partial charge on any atom is 0.287 e. The topological polar surface area (TPSA) is 45.5 Å². The smallest absolute Gasteiger partial charge is 0.287 e. The van der Waals surface area contributed by atoms with Crippen LogP contribution in [-0.2, 0) is 0 Å². The van der Waals surface area contributed by atoms with Gasteiger partial charge in [0.2, 0.25) is 0 Å². The van der Waals surface area contributed by atoms with Gasteiger partial charge >= 0.3 is 0 Å². The molecule has 0 radical (unpaired) electrons. The highest BCUT2D eigenvalue weighted by Crippen LogP contribution is 2.21. The molecule has 1 N–H and O–H groups in total. The largest absolute Gasteiger partial charge is 0.454 e. The molecule has 4 nitrogen and oxygen atoms in total. The third kappa shape index (κ3) is 5.17. The van der Waals surface area contributed by atoms with Gasteiger partial charge < -0.3 is 14.6 Å². The summed E-state index contributed by atoms with van der Waals surface area (Å²) in [4.78, 5) is 14.2. The molecule has 2 unspecified atom stereocenters. The van der Waals surface area contributed by atoms with Crippen molar-refractivity contribution >= 4 is 17.5 Å². The summed E-state index contributed by atoms with van der Waals surface area (Å²) < 4.78 is 5.41. The number of hydrogen-bond acceptors (Lipinski definition) is 3. The van der Waals surface area contributed by atoms with E-state index in [0.717, 1.165) is 6.54 Å². The molecule has 114 valence electrons. The maximum absolute atomic E-state index is 12.0. The van der Waals surface area contributed by atoms with Crippen LogP contribution in [0, 0.1) is 5.92 Å². The molecule has 1 heterocycles. The average Bonchev–Trinajstić information content (AvgIpc) is 2.84. The highest BCUT2D eigenvalue weighted by atomic mass is 35.5. The fraction of sp³-hybridized carbons (Fsp3) is 0.667. The number of nitrogens with one attached hydrogen (secondary N) is 1. The van der Waals surface area contributed by atoms with Crippen molar-refractivity contribution < 1.29 is 9.21 Å². The fourth-order valence-corrected chi connectivity index (χ4v) is 2.05. The zero-order chi connectivity index (χ0) is 15.3. The van der Waals surface area contributed by atoms with Crippen LogP contribution in [0.15, 0.2) is 16.5 Å². The number of rotatable bonds is 7. The number of carbonyl (C=O) groups is 1. The Labute approximate surface area is 126 Å². The minimum atomic E-state index is -0.229. The van der Waals surface area contributed by atoms with E-state index in [1.165, 1.54) is 0 Å². The molecule has 0 spiro atoms. The molecule has 1 aromatic rings. The van der Waals surface area contributed by atoms with Crippen LogP contribution in [0.5, 0.6) is 0 Å². The lowest BCUT2D eigenvalue weighted by Crippen LogP contribution is -2.41. The lowest BCUT2D eigenvalue weighted by Gasteiger charge is -2.26. The molecule has 1 rings (SSSR count). The van der Waals surface area contributed by atoms with E-state index < -0.39 is 0 Å². The Balaban J connectivity index is 2.46. The van der Waals surface area contributed by atoms with Crippen molar-refractivity contribution in [2.24, 2.45) is 5.92 Å². The number of nitrogens with zero attached hydrogens (tertiary/aromatic N) is 1. The standard InChI is InChI=1S/C15H25ClN2O2/c1-10(2)9-18(5)11(3)8-17-15(19)14-7-6-13(20-14)12(4)16/h6-7,10-12H,8-9H2,1-5H3,(H,17,19). The molecule has 0 aromatic carbocycles. The molecule has 0 saturated carbocycles. The summed E-state index contributed by atoms with van der Waals surface area (Å²) in [6, 6.07) is 3.68. The molecular formula is C15H25ClN2O2. The van der Waals surface area contributed by atoms with Crippen LogP contribution in [0.4, 0.5) is 0 Å². The predicted molar refractivity (Wildman–Crippen MR) is 82.2 cm³/mol. The number of carbonyl (C=O) groups excluding carboxylic acids is 1. The summed E-state index contributed by atoms with van der Waals surface area (Å²) in [5.41, 5.74) is 0. The van der Waals surface area contributed by atoms with Crippen molar-refractivity contribution in [1.29, 1.82) is 0 Å². The molecule has 2 atom stereocenters. The molecule has 1 amide bonds. The lowest BCUT2D eigenvalue weighted by atomic mass is 10.2. The molecule has 0 bridgehead atoms. The summed E-state index contributed by atoms with van der Waals surface area (Å²) in [5.74, 6) is 1.34. The van der Waals surface area contributed by atoms with Gasteiger partial charge in [0.25, 0.3) is 5.91 Å². The second-order valence-corrected chi connectivity index (χ2v) is 6.37. The molecule has 0 aliphatic heterocycles. The van der Waals surface area contributed by atoms with Gasteiger partial charge in [0.15, 0.2) is 5.76 Å². The molecular weight excluding hydrogens is 276 g/mol. The highest BCUT2D eigenvalue weighted by Gasteiger charge is 2.16. The maximum atomic E-state index is 12.0. The third-order valence-corrected chi connectivity index (χ3v) is 3.42. The van der Waals surface area contributed by atoms with E-state index in [9.17, 15) is 4.79 Å². The Kier molecular flexibility index (Phi) is 6.56. The Morgan fingerprint density at radius 3 is 2.50 bits per heavy atom. The van der Waals surface area contributed by atoms with Crippen LogP contribution in [0.2, 0.25) is 0 Å². The van der Waals surface area contributed by atoms with E-state index in [1.807, 2.05) is 6.92 Å². The number of alkyl halides is 1. The summed E-state index contributed by atoms with van der Waals surface area (Å²) in [7, 11) is 2.07. The normalized spacial score (nSPS) is 14.6. The molecule has 5 heteroatoms. The Morgan fingerprint density at radius 2 is 2.00 bits per heavy atom. The monoisotopic (exact) mass is 300 g/mol. The van der Waals surface area contributed by atoms with Gasteiger partial charge in [-0.1, -0.05) is 13.8 Å². The van der Waals surface area contributed by atoms with Crippen LogP contribution in [0.1, 0.15) is 49.4 Å². The third-order valence-electron chi connectivity index (χ3n) is 3.21. The van der Waals surface area contributed by atoms with Crippen LogP contribution in [0.3, 0.4) is 0 Å². The van der Waals surface area contributed by atoms with Gasteiger partial charge in [0.1, 0.15) is 5.76 Å². The first kappa shape index (κ1) is 17.1. The van der Waals surface area contributed by atoms with Crippen molar-refractivity contribution in [2.45, 2.75) is 39.1 Å². The minimum Gasteiger partial charge on any atom is -0.454 e. The SMILES string of the molecule is CC(C)CN(C)C(C)CNC(=O)c1ccc(C(C)Cl)o1. The van der Waals surface area contributed by atoms with Crippen molar-refractivity contribution in [2.75, 3.05) is 20.1 Å². The zero-order valence-electron chi connectivity index (χ0n) is 12.9. The number of furan rings is 1. The molecule has 0 aliphatic carbocycles. The molecule has 1 aromatic heterocycles. The quantitative estimate of drug-likeness (QED) is 0.786. The van der Waals surface area contributed by atoms with Crippen molar-refractivity contribution in [3.63, 3.8) is 0 Å². The van der Waals surface area contributed by atoms with Crippen LogP contribution < -0.4 is 5.32 Å².